The Kier molecular flexibility index (Phi) is 3.65. The molecule has 0 aromatic heterocycles. The molecular formula is C15H18N2O3S. The Morgan fingerprint density at radius 2 is 2.10 bits per heavy atom. The van der Waals surface area contributed by atoms with Gasteiger partial charge in [-0.15, -0.1) is 0 Å². The van der Waals surface area contributed by atoms with Gasteiger partial charge in [0.05, 0.1) is 4.92 Å². The number of hydrogen-bond donors (Lipinski definition) is 1. The van der Waals surface area contributed by atoms with Gasteiger partial charge in [0, 0.05) is 30.8 Å². The normalized spacial score (nSPS) is 19.9. The monoisotopic (exact) mass is 306 g/mol. The number of non-ortho nitro benzene ring substituents is 1. The van der Waals surface area contributed by atoms with Crippen molar-refractivity contribution in [3.63, 3.8) is 0 Å². The van der Waals surface area contributed by atoms with E-state index in [1.165, 1.54) is 6.07 Å². The van der Waals surface area contributed by atoms with Gasteiger partial charge < -0.3 is 4.90 Å². The predicted molar refractivity (Wildman–Crippen MR) is 83.9 cm³/mol. The van der Waals surface area contributed by atoms with Crippen molar-refractivity contribution in [1.29, 1.82) is 0 Å². The molecule has 0 bridgehead atoms. The van der Waals surface area contributed by atoms with E-state index < -0.39 is 0 Å². The number of rotatable bonds is 4. The zero-order valence-corrected chi connectivity index (χ0v) is 12.6. The molecule has 1 saturated carbocycles. The van der Waals surface area contributed by atoms with Gasteiger partial charge in [-0.1, -0.05) is 0 Å². The lowest BCUT2D eigenvalue weighted by Crippen LogP contribution is -2.36. The summed E-state index contributed by atoms with van der Waals surface area (Å²) in [5, 5.41) is 10.9. The lowest BCUT2D eigenvalue weighted by Gasteiger charge is -2.27. The number of nitro benzene ring substituents is 1. The molecule has 1 aliphatic heterocycles. The number of carbonyl (C=O) groups excluding carboxylic acids is 1. The molecule has 5 nitrogen and oxygen atoms in total. The average Bonchev–Trinajstić information content (AvgIpc) is 3.26. The zero-order valence-electron chi connectivity index (χ0n) is 11.7. The van der Waals surface area contributed by atoms with Crippen LogP contribution in [0.25, 0.3) is 0 Å². The van der Waals surface area contributed by atoms with Crippen LogP contribution in [0.4, 0.5) is 11.4 Å². The number of aryl methyl sites for hydroxylation is 1. The number of hydrogen-bond acceptors (Lipinski definition) is 4. The summed E-state index contributed by atoms with van der Waals surface area (Å²) < 4.78 is 0. The van der Waals surface area contributed by atoms with Crippen molar-refractivity contribution in [2.75, 3.05) is 17.2 Å². The first-order chi connectivity index (χ1) is 10.0. The van der Waals surface area contributed by atoms with Crippen molar-refractivity contribution in [3.05, 3.63) is 33.9 Å². The average molecular weight is 306 g/mol. The van der Waals surface area contributed by atoms with Crippen LogP contribution in [0.5, 0.6) is 0 Å². The van der Waals surface area contributed by atoms with Crippen LogP contribution in [-0.4, -0.2) is 23.1 Å². The molecule has 0 radical (unpaired) electrons. The Labute approximate surface area is 128 Å². The number of thiol groups is 1. The SMILES string of the molecule is O=C1CCCc2cc([N+](=O)[O-])ccc2N1CC1(CS)CC1. The molecule has 1 heterocycles. The molecule has 0 N–H and O–H groups in total. The molecule has 0 atom stereocenters. The van der Waals surface area contributed by atoms with Crippen molar-refractivity contribution in [2.24, 2.45) is 5.41 Å². The molecule has 21 heavy (non-hydrogen) atoms. The first-order valence-corrected chi connectivity index (χ1v) is 7.86. The van der Waals surface area contributed by atoms with Gasteiger partial charge in [-0.05, 0) is 48.5 Å². The molecule has 1 fully saturated rings. The summed E-state index contributed by atoms with van der Waals surface area (Å²) in [6.45, 7) is 0.681. The van der Waals surface area contributed by atoms with Gasteiger partial charge in [-0.3, -0.25) is 14.9 Å². The second-order valence-electron chi connectivity index (χ2n) is 6.06. The van der Waals surface area contributed by atoms with E-state index in [4.69, 9.17) is 0 Å². The number of nitrogens with zero attached hydrogens (tertiary/aromatic N) is 2. The largest absolute Gasteiger partial charge is 0.312 e. The number of carbonyl (C=O) groups is 1. The fourth-order valence-corrected chi connectivity index (χ4v) is 3.32. The quantitative estimate of drug-likeness (QED) is 0.528. The van der Waals surface area contributed by atoms with Crippen LogP contribution in [0.2, 0.25) is 0 Å². The number of amides is 1. The highest BCUT2D eigenvalue weighted by Gasteiger charge is 2.44. The number of nitro groups is 1. The minimum atomic E-state index is -0.382. The first-order valence-electron chi connectivity index (χ1n) is 7.23. The van der Waals surface area contributed by atoms with Gasteiger partial charge in [-0.2, -0.15) is 12.6 Å². The molecule has 2 aliphatic rings. The first kappa shape index (κ1) is 14.4. The molecule has 3 rings (SSSR count). The Balaban J connectivity index is 1.96. The van der Waals surface area contributed by atoms with E-state index in [0.29, 0.717) is 19.4 Å². The number of fused-ring (bicyclic) bond motifs is 1. The van der Waals surface area contributed by atoms with E-state index in [9.17, 15) is 14.9 Å². The summed E-state index contributed by atoms with van der Waals surface area (Å²) in [6.07, 6.45) is 4.17. The molecular weight excluding hydrogens is 288 g/mol. The van der Waals surface area contributed by atoms with Gasteiger partial charge >= 0.3 is 0 Å². The van der Waals surface area contributed by atoms with Crippen molar-refractivity contribution in [2.45, 2.75) is 32.1 Å². The van der Waals surface area contributed by atoms with Gasteiger partial charge in [0.25, 0.3) is 5.69 Å². The second kappa shape index (κ2) is 5.33. The fourth-order valence-electron chi connectivity index (χ4n) is 2.90. The maximum Gasteiger partial charge on any atom is 0.269 e. The molecule has 0 unspecified atom stereocenters. The predicted octanol–water partition coefficient (Wildman–Crippen LogP) is 2.97. The maximum atomic E-state index is 12.4. The Morgan fingerprint density at radius 1 is 1.33 bits per heavy atom. The van der Waals surface area contributed by atoms with Crippen LogP contribution >= 0.6 is 12.6 Å². The molecule has 6 heteroatoms. The van der Waals surface area contributed by atoms with E-state index in [1.54, 1.807) is 12.1 Å². The van der Waals surface area contributed by atoms with Crippen LogP contribution in [0, 0.1) is 15.5 Å². The van der Waals surface area contributed by atoms with Gasteiger partial charge in [0.1, 0.15) is 0 Å². The smallest absolute Gasteiger partial charge is 0.269 e. The summed E-state index contributed by atoms with van der Waals surface area (Å²) in [4.78, 5) is 24.8. The molecule has 0 spiro atoms. The third-order valence-electron chi connectivity index (χ3n) is 4.49. The second-order valence-corrected chi connectivity index (χ2v) is 6.38. The summed E-state index contributed by atoms with van der Waals surface area (Å²) in [6, 6.07) is 4.83. The summed E-state index contributed by atoms with van der Waals surface area (Å²) in [5.74, 6) is 0.898. The third kappa shape index (κ3) is 2.77. The molecule has 1 aromatic carbocycles. The maximum absolute atomic E-state index is 12.4. The highest BCUT2D eigenvalue weighted by Crippen LogP contribution is 2.48. The van der Waals surface area contributed by atoms with Crippen LogP contribution in [-0.2, 0) is 11.2 Å². The van der Waals surface area contributed by atoms with E-state index >= 15 is 0 Å². The zero-order chi connectivity index (χ0) is 15.0. The topological polar surface area (TPSA) is 63.4 Å². The molecule has 1 aromatic rings. The van der Waals surface area contributed by atoms with Crippen molar-refractivity contribution in [3.8, 4) is 0 Å². The molecule has 1 amide bonds. The van der Waals surface area contributed by atoms with Crippen LogP contribution < -0.4 is 4.90 Å². The van der Waals surface area contributed by atoms with Crippen molar-refractivity contribution < 1.29 is 9.72 Å². The standard InChI is InChI=1S/C15H18N2O3S/c18-14-3-1-2-11-8-12(17(19)20)4-5-13(11)16(14)9-15(10-21)6-7-15/h4-5,8,21H,1-3,6-7,9-10H2. The van der Waals surface area contributed by atoms with E-state index in [1.807, 2.05) is 4.90 Å². The summed E-state index contributed by atoms with van der Waals surface area (Å²) in [7, 11) is 0. The highest BCUT2D eigenvalue weighted by molar-refractivity contribution is 7.80. The number of benzene rings is 1. The third-order valence-corrected chi connectivity index (χ3v) is 5.16. The lowest BCUT2D eigenvalue weighted by molar-refractivity contribution is -0.384. The van der Waals surface area contributed by atoms with Crippen molar-refractivity contribution in [1.82, 2.24) is 0 Å². The Hall–Kier alpha value is -1.56. The minimum Gasteiger partial charge on any atom is -0.312 e. The molecule has 0 saturated heterocycles. The summed E-state index contributed by atoms with van der Waals surface area (Å²) in [5.41, 5.74) is 1.99. The van der Waals surface area contributed by atoms with E-state index in [-0.39, 0.29) is 21.9 Å². The fraction of sp³-hybridized carbons (Fsp3) is 0.533. The van der Waals surface area contributed by atoms with Crippen molar-refractivity contribution >= 4 is 29.9 Å². The summed E-state index contributed by atoms with van der Waals surface area (Å²) >= 11 is 4.41. The van der Waals surface area contributed by atoms with Gasteiger partial charge in [0.15, 0.2) is 0 Å². The highest BCUT2D eigenvalue weighted by atomic mass is 32.1. The van der Waals surface area contributed by atoms with Crippen LogP contribution in [0.15, 0.2) is 18.2 Å². The van der Waals surface area contributed by atoms with Gasteiger partial charge in [0.2, 0.25) is 5.91 Å². The lowest BCUT2D eigenvalue weighted by atomic mass is 10.1. The molecule has 112 valence electrons. The minimum absolute atomic E-state index is 0.0957. The van der Waals surface area contributed by atoms with Crippen LogP contribution in [0.1, 0.15) is 31.2 Å². The van der Waals surface area contributed by atoms with Crippen LogP contribution in [0.3, 0.4) is 0 Å². The molecule has 1 aliphatic carbocycles. The van der Waals surface area contributed by atoms with E-state index in [2.05, 4.69) is 12.6 Å². The number of anilines is 1. The Bertz CT molecular complexity index is 599. The Morgan fingerprint density at radius 3 is 2.71 bits per heavy atom. The van der Waals surface area contributed by atoms with E-state index in [0.717, 1.165) is 36.3 Å². The van der Waals surface area contributed by atoms with Gasteiger partial charge in [-0.25, -0.2) is 0 Å².